The number of anilines is 1. The maximum atomic E-state index is 12.6. The number of halogens is 4. The monoisotopic (exact) mass is 426 g/mol. The van der Waals surface area contributed by atoms with Gasteiger partial charge in [0.1, 0.15) is 4.60 Å². The van der Waals surface area contributed by atoms with Crippen LogP contribution in [0.2, 0.25) is 0 Å². The first-order valence-electron chi connectivity index (χ1n) is 7.13. The lowest BCUT2D eigenvalue weighted by molar-refractivity contribution is -0.137. The molecule has 3 aromatic rings. The van der Waals surface area contributed by atoms with E-state index in [2.05, 4.69) is 41.3 Å². The second-order valence-electron chi connectivity index (χ2n) is 5.14. The standard InChI is InChI=1S/C15H10BrF3N6O/c1-8-10(14(26)24-12-7-20-11(16)6-21-12)5-23-25(8)13-3-2-9(4-22-13)15(17,18)19/h2-7H,1H3,(H,21,24,26). The molecule has 3 heterocycles. The number of rotatable bonds is 3. The van der Waals surface area contributed by atoms with Crippen molar-refractivity contribution in [3.05, 3.63) is 58.3 Å². The van der Waals surface area contributed by atoms with Crippen molar-refractivity contribution in [1.29, 1.82) is 0 Å². The highest BCUT2D eigenvalue weighted by molar-refractivity contribution is 9.10. The number of alkyl halides is 3. The Morgan fingerprint density at radius 3 is 2.46 bits per heavy atom. The zero-order valence-corrected chi connectivity index (χ0v) is 14.7. The Labute approximate surface area is 153 Å². The molecule has 3 aromatic heterocycles. The fourth-order valence-electron chi connectivity index (χ4n) is 2.10. The molecule has 0 aromatic carbocycles. The van der Waals surface area contributed by atoms with Crippen molar-refractivity contribution in [2.45, 2.75) is 13.1 Å². The van der Waals surface area contributed by atoms with Crippen LogP contribution in [0.4, 0.5) is 19.0 Å². The van der Waals surface area contributed by atoms with Crippen LogP contribution in [0.25, 0.3) is 5.82 Å². The maximum absolute atomic E-state index is 12.6. The van der Waals surface area contributed by atoms with Gasteiger partial charge in [-0.2, -0.15) is 18.3 Å². The summed E-state index contributed by atoms with van der Waals surface area (Å²) in [6, 6.07) is 2.09. The molecule has 3 rings (SSSR count). The summed E-state index contributed by atoms with van der Waals surface area (Å²) in [5.41, 5.74) is -0.214. The van der Waals surface area contributed by atoms with Crippen LogP contribution in [0.5, 0.6) is 0 Å². The molecule has 134 valence electrons. The van der Waals surface area contributed by atoms with Gasteiger partial charge in [-0.05, 0) is 35.0 Å². The Morgan fingerprint density at radius 2 is 1.88 bits per heavy atom. The van der Waals surface area contributed by atoms with Gasteiger partial charge in [0.05, 0.1) is 35.4 Å². The van der Waals surface area contributed by atoms with E-state index in [0.717, 1.165) is 6.07 Å². The number of nitrogens with one attached hydrogen (secondary N) is 1. The van der Waals surface area contributed by atoms with Gasteiger partial charge in [-0.3, -0.25) is 4.79 Å². The van der Waals surface area contributed by atoms with E-state index in [1.807, 2.05) is 0 Å². The van der Waals surface area contributed by atoms with Gasteiger partial charge in [0.15, 0.2) is 11.6 Å². The number of pyridine rings is 1. The Kier molecular flexibility index (Phi) is 4.72. The van der Waals surface area contributed by atoms with Gasteiger partial charge in [-0.1, -0.05) is 0 Å². The average Bonchev–Trinajstić information content (AvgIpc) is 2.98. The molecule has 0 radical (unpaired) electrons. The third-order valence-electron chi connectivity index (χ3n) is 3.41. The van der Waals surface area contributed by atoms with Crippen LogP contribution >= 0.6 is 15.9 Å². The quantitative estimate of drug-likeness (QED) is 0.693. The number of nitrogens with zero attached hydrogens (tertiary/aromatic N) is 5. The number of hydrogen-bond donors (Lipinski definition) is 1. The van der Waals surface area contributed by atoms with E-state index < -0.39 is 17.6 Å². The largest absolute Gasteiger partial charge is 0.417 e. The van der Waals surface area contributed by atoms with Gasteiger partial charge in [-0.15, -0.1) is 0 Å². The van der Waals surface area contributed by atoms with Crippen LogP contribution in [0, 0.1) is 6.92 Å². The first kappa shape index (κ1) is 18.0. The van der Waals surface area contributed by atoms with Crippen LogP contribution in [-0.4, -0.2) is 30.6 Å². The summed E-state index contributed by atoms with van der Waals surface area (Å²) in [7, 11) is 0. The summed E-state index contributed by atoms with van der Waals surface area (Å²) in [5.74, 6) is -0.0618. The predicted molar refractivity (Wildman–Crippen MR) is 88.8 cm³/mol. The lowest BCUT2D eigenvalue weighted by Crippen LogP contribution is -2.14. The molecule has 1 N–H and O–H groups in total. The lowest BCUT2D eigenvalue weighted by Gasteiger charge is -2.08. The molecule has 26 heavy (non-hydrogen) atoms. The first-order chi connectivity index (χ1) is 12.3. The van der Waals surface area contributed by atoms with Crippen LogP contribution in [-0.2, 0) is 6.18 Å². The zero-order chi connectivity index (χ0) is 18.9. The van der Waals surface area contributed by atoms with E-state index in [4.69, 9.17) is 0 Å². The van der Waals surface area contributed by atoms with Crippen molar-refractivity contribution >= 4 is 27.7 Å². The normalized spacial score (nSPS) is 11.4. The van der Waals surface area contributed by atoms with Gasteiger partial charge in [0.2, 0.25) is 0 Å². The molecule has 11 heteroatoms. The summed E-state index contributed by atoms with van der Waals surface area (Å²) < 4.78 is 39.6. The van der Waals surface area contributed by atoms with Gasteiger partial charge in [-0.25, -0.2) is 19.6 Å². The van der Waals surface area contributed by atoms with Crippen LogP contribution in [0.1, 0.15) is 21.6 Å². The highest BCUT2D eigenvalue weighted by atomic mass is 79.9. The third-order valence-corrected chi connectivity index (χ3v) is 3.82. The molecule has 0 aliphatic rings. The second-order valence-corrected chi connectivity index (χ2v) is 5.95. The average molecular weight is 427 g/mol. The molecule has 0 aliphatic carbocycles. The van der Waals surface area contributed by atoms with Crippen LogP contribution in [0.15, 0.2) is 41.5 Å². The minimum atomic E-state index is -4.47. The van der Waals surface area contributed by atoms with Crippen LogP contribution in [0.3, 0.4) is 0 Å². The van der Waals surface area contributed by atoms with Gasteiger partial charge < -0.3 is 5.32 Å². The number of amides is 1. The molecular formula is C15H10BrF3N6O. The van der Waals surface area contributed by atoms with Crippen molar-refractivity contribution in [2.24, 2.45) is 0 Å². The molecule has 0 saturated carbocycles. The Morgan fingerprint density at radius 1 is 1.12 bits per heavy atom. The summed E-state index contributed by atoms with van der Waals surface area (Å²) in [5, 5.41) is 6.59. The molecule has 0 atom stereocenters. The van der Waals surface area contributed by atoms with E-state index in [0.29, 0.717) is 16.5 Å². The minimum absolute atomic E-state index is 0.165. The molecule has 0 bridgehead atoms. The molecular weight excluding hydrogens is 417 g/mol. The highest BCUT2D eigenvalue weighted by Gasteiger charge is 2.30. The highest BCUT2D eigenvalue weighted by Crippen LogP contribution is 2.28. The lowest BCUT2D eigenvalue weighted by atomic mass is 10.2. The fraction of sp³-hybridized carbons (Fsp3) is 0.133. The fourth-order valence-corrected chi connectivity index (χ4v) is 2.31. The summed E-state index contributed by atoms with van der Waals surface area (Å²) in [4.78, 5) is 24.0. The molecule has 0 saturated heterocycles. The van der Waals surface area contributed by atoms with E-state index >= 15 is 0 Å². The van der Waals surface area contributed by atoms with Crippen molar-refractivity contribution in [3.8, 4) is 5.82 Å². The number of carbonyl (C=O) groups excluding carboxylic acids is 1. The Bertz CT molecular complexity index is 938. The summed E-state index contributed by atoms with van der Waals surface area (Å²) in [6.45, 7) is 1.61. The molecule has 0 spiro atoms. The first-order valence-corrected chi connectivity index (χ1v) is 7.92. The second kappa shape index (κ2) is 6.83. The number of aromatic nitrogens is 5. The molecule has 1 amide bonds. The Hall–Kier alpha value is -2.82. The molecule has 7 nitrogen and oxygen atoms in total. The van der Waals surface area contributed by atoms with E-state index in [9.17, 15) is 18.0 Å². The maximum Gasteiger partial charge on any atom is 0.417 e. The topological polar surface area (TPSA) is 85.6 Å². The van der Waals surface area contributed by atoms with E-state index in [-0.39, 0.29) is 17.2 Å². The molecule has 0 aliphatic heterocycles. The number of carbonyl (C=O) groups is 1. The van der Waals surface area contributed by atoms with E-state index in [1.165, 1.54) is 29.3 Å². The van der Waals surface area contributed by atoms with Crippen molar-refractivity contribution in [2.75, 3.05) is 5.32 Å². The zero-order valence-electron chi connectivity index (χ0n) is 13.1. The van der Waals surface area contributed by atoms with Crippen molar-refractivity contribution in [1.82, 2.24) is 24.7 Å². The third kappa shape index (κ3) is 3.72. The SMILES string of the molecule is Cc1c(C(=O)Nc2cnc(Br)cn2)cnn1-c1ccc(C(F)(F)F)cn1. The molecule has 0 unspecified atom stereocenters. The molecule has 0 fully saturated rings. The van der Waals surface area contributed by atoms with Gasteiger partial charge in [0.25, 0.3) is 5.91 Å². The minimum Gasteiger partial charge on any atom is -0.305 e. The summed E-state index contributed by atoms with van der Waals surface area (Å²) in [6.07, 6.45) is 0.350. The Balaban J connectivity index is 1.83. The van der Waals surface area contributed by atoms with Gasteiger partial charge >= 0.3 is 6.18 Å². The number of hydrogen-bond acceptors (Lipinski definition) is 5. The smallest absolute Gasteiger partial charge is 0.305 e. The predicted octanol–water partition coefficient (Wildman–Crippen LogP) is 3.40. The summed E-state index contributed by atoms with van der Waals surface area (Å²) >= 11 is 3.14. The van der Waals surface area contributed by atoms with Crippen molar-refractivity contribution < 1.29 is 18.0 Å². The van der Waals surface area contributed by atoms with Crippen molar-refractivity contribution in [3.63, 3.8) is 0 Å². The van der Waals surface area contributed by atoms with Crippen LogP contribution < -0.4 is 5.32 Å². The van der Waals surface area contributed by atoms with E-state index in [1.54, 1.807) is 6.92 Å². The van der Waals surface area contributed by atoms with Gasteiger partial charge in [0, 0.05) is 6.20 Å².